The van der Waals surface area contributed by atoms with E-state index in [1.54, 1.807) is 4.98 Å². The van der Waals surface area contributed by atoms with Gasteiger partial charge < -0.3 is 15.4 Å². The van der Waals surface area contributed by atoms with Crippen molar-refractivity contribution in [3.8, 4) is 0 Å². The van der Waals surface area contributed by atoms with Gasteiger partial charge in [0.25, 0.3) is 11.5 Å². The molecule has 0 atom stereocenters. The molecule has 8 heteroatoms. The lowest BCUT2D eigenvalue weighted by atomic mass is 10.0. The number of amides is 1. The molecule has 3 N–H and O–H groups in total. The molecule has 1 aliphatic carbocycles. The van der Waals surface area contributed by atoms with E-state index in [9.17, 15) is 27.9 Å². The van der Waals surface area contributed by atoms with E-state index in [0.717, 1.165) is 18.9 Å². The van der Waals surface area contributed by atoms with Crippen molar-refractivity contribution in [2.75, 3.05) is 6.54 Å². The van der Waals surface area contributed by atoms with Crippen LogP contribution in [0.1, 0.15) is 41.7 Å². The number of hydrogen-bond donors (Lipinski definition) is 3. The maximum atomic E-state index is 12.4. The van der Waals surface area contributed by atoms with Crippen molar-refractivity contribution in [2.24, 2.45) is 0 Å². The van der Waals surface area contributed by atoms with Crippen molar-refractivity contribution >= 4 is 5.91 Å². The van der Waals surface area contributed by atoms with Crippen LogP contribution >= 0.6 is 0 Å². The molecule has 0 aromatic carbocycles. The zero-order chi connectivity index (χ0) is 15.7. The first-order chi connectivity index (χ1) is 9.71. The average Bonchev–Trinajstić information content (AvgIpc) is 2.82. The fraction of sp³-hybridized carbons (Fsp3) is 0.538. The topological polar surface area (TPSA) is 82.2 Å². The molecular weight excluding hydrogens is 289 g/mol. The van der Waals surface area contributed by atoms with Gasteiger partial charge in [-0.15, -0.1) is 0 Å². The first-order valence-electron chi connectivity index (χ1n) is 6.52. The molecule has 0 aliphatic heterocycles. The van der Waals surface area contributed by atoms with Gasteiger partial charge in [-0.05, 0) is 25.0 Å². The Morgan fingerprint density at radius 2 is 1.95 bits per heavy atom. The van der Waals surface area contributed by atoms with Gasteiger partial charge in [-0.3, -0.25) is 9.59 Å². The van der Waals surface area contributed by atoms with Gasteiger partial charge in [0.05, 0.1) is 5.60 Å². The third-order valence-corrected chi connectivity index (χ3v) is 3.57. The smallest absolute Gasteiger partial charge is 0.388 e. The third-order valence-electron chi connectivity index (χ3n) is 3.57. The van der Waals surface area contributed by atoms with Crippen LogP contribution in [0.25, 0.3) is 0 Å². The Bertz CT molecular complexity index is 589. The van der Waals surface area contributed by atoms with Gasteiger partial charge in [0.15, 0.2) is 0 Å². The van der Waals surface area contributed by atoms with Crippen LogP contribution < -0.4 is 10.9 Å². The molecule has 1 saturated carbocycles. The highest BCUT2D eigenvalue weighted by atomic mass is 19.4. The van der Waals surface area contributed by atoms with Crippen LogP contribution in [0.3, 0.4) is 0 Å². The van der Waals surface area contributed by atoms with E-state index in [1.807, 2.05) is 0 Å². The SMILES string of the molecule is O=C(NCC1(O)CCCC1)c1ccc(C(F)(F)F)[nH]c1=O. The fourth-order valence-corrected chi connectivity index (χ4v) is 2.37. The zero-order valence-corrected chi connectivity index (χ0v) is 11.1. The molecule has 1 fully saturated rings. The van der Waals surface area contributed by atoms with Crippen LogP contribution in [0.15, 0.2) is 16.9 Å². The number of pyridine rings is 1. The van der Waals surface area contributed by atoms with Crippen molar-refractivity contribution in [1.29, 1.82) is 0 Å². The van der Waals surface area contributed by atoms with E-state index >= 15 is 0 Å². The number of halogens is 3. The number of alkyl halides is 3. The number of aromatic nitrogens is 1. The van der Waals surface area contributed by atoms with Crippen molar-refractivity contribution < 1.29 is 23.1 Å². The summed E-state index contributed by atoms with van der Waals surface area (Å²) >= 11 is 0. The van der Waals surface area contributed by atoms with Gasteiger partial charge in [0, 0.05) is 6.54 Å². The second kappa shape index (κ2) is 5.51. The van der Waals surface area contributed by atoms with Crippen LogP contribution in [0.5, 0.6) is 0 Å². The monoisotopic (exact) mass is 304 g/mol. The highest BCUT2D eigenvalue weighted by molar-refractivity contribution is 5.93. The molecule has 0 spiro atoms. The Labute approximate surface area is 118 Å². The van der Waals surface area contributed by atoms with Gasteiger partial charge in [-0.25, -0.2) is 0 Å². The number of aromatic amines is 1. The molecule has 0 unspecified atom stereocenters. The summed E-state index contributed by atoms with van der Waals surface area (Å²) in [5.74, 6) is -0.801. The lowest BCUT2D eigenvalue weighted by molar-refractivity contribution is -0.141. The molecule has 2 rings (SSSR count). The molecule has 116 valence electrons. The summed E-state index contributed by atoms with van der Waals surface area (Å²) < 4.78 is 37.2. The average molecular weight is 304 g/mol. The summed E-state index contributed by atoms with van der Waals surface area (Å²) in [6.45, 7) is -0.0215. The molecule has 21 heavy (non-hydrogen) atoms. The normalized spacial score (nSPS) is 17.7. The van der Waals surface area contributed by atoms with Gasteiger partial charge in [-0.1, -0.05) is 12.8 Å². The number of hydrogen-bond acceptors (Lipinski definition) is 3. The summed E-state index contributed by atoms with van der Waals surface area (Å²) in [5.41, 5.74) is -3.72. The Morgan fingerprint density at radius 1 is 1.33 bits per heavy atom. The van der Waals surface area contributed by atoms with E-state index < -0.39 is 34.5 Å². The summed E-state index contributed by atoms with van der Waals surface area (Å²) in [6.07, 6.45) is -1.86. The first kappa shape index (κ1) is 15.6. The van der Waals surface area contributed by atoms with E-state index in [1.165, 1.54) is 0 Å². The molecule has 1 amide bonds. The lowest BCUT2D eigenvalue weighted by Crippen LogP contribution is -2.42. The summed E-state index contributed by atoms with van der Waals surface area (Å²) in [4.78, 5) is 25.0. The van der Waals surface area contributed by atoms with Gasteiger partial charge >= 0.3 is 6.18 Å². The number of carbonyl (C=O) groups is 1. The van der Waals surface area contributed by atoms with Gasteiger partial charge in [0.1, 0.15) is 11.3 Å². The standard InChI is InChI=1S/C13H15F3N2O3/c14-13(15,16)9-4-3-8(11(20)18-9)10(19)17-7-12(21)5-1-2-6-12/h3-4,21H,1-2,5-7H2,(H,17,19)(H,18,20). The van der Waals surface area contributed by atoms with Crippen LogP contribution in [-0.2, 0) is 6.18 Å². The molecule has 1 aromatic rings. The first-order valence-corrected chi connectivity index (χ1v) is 6.52. The summed E-state index contributed by atoms with van der Waals surface area (Å²) in [5, 5.41) is 12.4. The van der Waals surface area contributed by atoms with Crippen LogP contribution in [-0.4, -0.2) is 28.1 Å². The van der Waals surface area contributed by atoms with Crippen molar-refractivity contribution in [3.05, 3.63) is 33.7 Å². The maximum Gasteiger partial charge on any atom is 0.431 e. The molecule has 1 aliphatic rings. The maximum absolute atomic E-state index is 12.4. The summed E-state index contributed by atoms with van der Waals surface area (Å²) in [6, 6.07) is 1.47. The predicted molar refractivity (Wildman–Crippen MR) is 67.8 cm³/mol. The summed E-state index contributed by atoms with van der Waals surface area (Å²) in [7, 11) is 0. The van der Waals surface area contributed by atoms with E-state index in [2.05, 4.69) is 5.32 Å². The van der Waals surface area contributed by atoms with E-state index in [-0.39, 0.29) is 6.54 Å². The second-order valence-electron chi connectivity index (χ2n) is 5.23. The number of H-pyrrole nitrogens is 1. The van der Waals surface area contributed by atoms with Crippen LogP contribution in [0.2, 0.25) is 0 Å². The Hall–Kier alpha value is -1.83. The molecule has 1 aromatic heterocycles. The minimum absolute atomic E-state index is 0.0215. The Balaban J connectivity index is 2.08. The van der Waals surface area contributed by atoms with E-state index in [0.29, 0.717) is 18.9 Å². The second-order valence-corrected chi connectivity index (χ2v) is 5.23. The van der Waals surface area contributed by atoms with Crippen molar-refractivity contribution in [1.82, 2.24) is 10.3 Å². The molecular formula is C13H15F3N2O3. The highest BCUT2D eigenvalue weighted by Crippen LogP contribution is 2.28. The molecule has 0 radical (unpaired) electrons. The molecule has 0 bridgehead atoms. The van der Waals surface area contributed by atoms with Crippen molar-refractivity contribution in [3.63, 3.8) is 0 Å². The zero-order valence-electron chi connectivity index (χ0n) is 11.1. The number of rotatable bonds is 3. The van der Waals surface area contributed by atoms with Crippen LogP contribution in [0.4, 0.5) is 13.2 Å². The minimum atomic E-state index is -4.67. The highest BCUT2D eigenvalue weighted by Gasteiger charge is 2.33. The van der Waals surface area contributed by atoms with Gasteiger partial charge in [-0.2, -0.15) is 13.2 Å². The Morgan fingerprint density at radius 3 is 2.48 bits per heavy atom. The minimum Gasteiger partial charge on any atom is -0.388 e. The van der Waals surface area contributed by atoms with Crippen LogP contribution in [0, 0.1) is 0 Å². The molecule has 1 heterocycles. The van der Waals surface area contributed by atoms with Crippen molar-refractivity contribution in [2.45, 2.75) is 37.5 Å². The number of aliphatic hydroxyl groups is 1. The fourth-order valence-electron chi connectivity index (χ4n) is 2.37. The molecule has 0 saturated heterocycles. The molecule has 5 nitrogen and oxygen atoms in total. The Kier molecular flexibility index (Phi) is 4.08. The predicted octanol–water partition coefficient (Wildman–Crippen LogP) is 1.43. The largest absolute Gasteiger partial charge is 0.431 e. The lowest BCUT2D eigenvalue weighted by Gasteiger charge is -2.22. The van der Waals surface area contributed by atoms with Gasteiger partial charge in [0.2, 0.25) is 0 Å². The van der Waals surface area contributed by atoms with E-state index in [4.69, 9.17) is 0 Å². The number of nitrogens with one attached hydrogen (secondary N) is 2. The third kappa shape index (κ3) is 3.63. The quantitative estimate of drug-likeness (QED) is 0.790. The number of carbonyl (C=O) groups excluding carboxylic acids is 1.